The zero-order valence-corrected chi connectivity index (χ0v) is 9.97. The summed E-state index contributed by atoms with van der Waals surface area (Å²) in [4.78, 5) is 0. The summed E-state index contributed by atoms with van der Waals surface area (Å²) < 4.78 is 6.63. The Balaban J connectivity index is 1.75. The van der Waals surface area contributed by atoms with Gasteiger partial charge < -0.3 is 10.1 Å². The fourth-order valence-corrected chi connectivity index (χ4v) is 1.40. The SMILES string of the molecule is ClCCOCCCNc1ccc2nnnn2n1. The first-order chi connectivity index (χ1) is 8.40. The monoisotopic (exact) mass is 256 g/mol. The number of anilines is 1. The number of tetrazole rings is 1. The summed E-state index contributed by atoms with van der Waals surface area (Å²) in [6.45, 7) is 2.06. The van der Waals surface area contributed by atoms with Crippen molar-refractivity contribution in [3.8, 4) is 0 Å². The Hall–Kier alpha value is -1.47. The molecule has 0 aliphatic rings. The Labute approximate surface area is 103 Å². The van der Waals surface area contributed by atoms with Gasteiger partial charge in [0.25, 0.3) is 0 Å². The molecule has 0 saturated heterocycles. The second-order valence-corrected chi connectivity index (χ2v) is 3.70. The van der Waals surface area contributed by atoms with Gasteiger partial charge in [-0.05, 0) is 29.0 Å². The third kappa shape index (κ3) is 3.50. The highest BCUT2D eigenvalue weighted by molar-refractivity contribution is 6.17. The van der Waals surface area contributed by atoms with Gasteiger partial charge in [-0.3, -0.25) is 0 Å². The molecule has 7 nitrogen and oxygen atoms in total. The van der Waals surface area contributed by atoms with E-state index < -0.39 is 0 Å². The molecule has 0 aliphatic heterocycles. The largest absolute Gasteiger partial charge is 0.380 e. The van der Waals surface area contributed by atoms with Crippen LogP contribution in [0.25, 0.3) is 5.65 Å². The van der Waals surface area contributed by atoms with Crippen molar-refractivity contribution in [2.75, 3.05) is 31.0 Å². The first kappa shape index (κ1) is 12.0. The van der Waals surface area contributed by atoms with Crippen molar-refractivity contribution in [3.63, 3.8) is 0 Å². The molecule has 1 N–H and O–H groups in total. The van der Waals surface area contributed by atoms with E-state index in [1.165, 1.54) is 4.63 Å². The van der Waals surface area contributed by atoms with Gasteiger partial charge in [0.1, 0.15) is 5.82 Å². The van der Waals surface area contributed by atoms with E-state index in [9.17, 15) is 0 Å². The Morgan fingerprint density at radius 3 is 3.18 bits per heavy atom. The number of ether oxygens (including phenoxy) is 1. The average Bonchev–Trinajstić information content (AvgIpc) is 2.81. The number of hydrogen-bond donors (Lipinski definition) is 1. The molecule has 0 aromatic carbocycles. The topological polar surface area (TPSA) is 77.2 Å². The normalized spacial score (nSPS) is 10.9. The molecule has 92 valence electrons. The van der Waals surface area contributed by atoms with E-state index in [1.54, 1.807) is 6.07 Å². The number of halogens is 1. The van der Waals surface area contributed by atoms with Crippen molar-refractivity contribution in [1.82, 2.24) is 25.3 Å². The van der Waals surface area contributed by atoms with Gasteiger partial charge in [0.05, 0.1) is 6.61 Å². The van der Waals surface area contributed by atoms with E-state index >= 15 is 0 Å². The maximum Gasteiger partial charge on any atom is 0.200 e. The lowest BCUT2D eigenvalue weighted by molar-refractivity contribution is 0.149. The van der Waals surface area contributed by atoms with Crippen LogP contribution in [0.5, 0.6) is 0 Å². The van der Waals surface area contributed by atoms with Crippen LogP contribution in [0.1, 0.15) is 6.42 Å². The van der Waals surface area contributed by atoms with Crippen LogP contribution in [0.4, 0.5) is 5.82 Å². The zero-order chi connectivity index (χ0) is 11.9. The van der Waals surface area contributed by atoms with Crippen molar-refractivity contribution in [2.45, 2.75) is 6.42 Å². The minimum atomic E-state index is 0.533. The van der Waals surface area contributed by atoms with Crippen LogP contribution in [0.3, 0.4) is 0 Å². The highest BCUT2D eigenvalue weighted by Crippen LogP contribution is 2.02. The highest BCUT2D eigenvalue weighted by atomic mass is 35.5. The fraction of sp³-hybridized carbons (Fsp3) is 0.556. The molecule has 8 heteroatoms. The van der Waals surface area contributed by atoms with Crippen molar-refractivity contribution < 1.29 is 4.74 Å². The number of alkyl halides is 1. The van der Waals surface area contributed by atoms with Crippen molar-refractivity contribution in [1.29, 1.82) is 0 Å². The van der Waals surface area contributed by atoms with Crippen LogP contribution in [0, 0.1) is 0 Å². The van der Waals surface area contributed by atoms with E-state index in [-0.39, 0.29) is 0 Å². The molecule has 0 saturated carbocycles. The third-order valence-electron chi connectivity index (χ3n) is 2.06. The summed E-state index contributed by atoms with van der Waals surface area (Å²) in [5.41, 5.74) is 0.626. The lowest BCUT2D eigenvalue weighted by atomic mass is 10.4. The van der Waals surface area contributed by atoms with Crippen molar-refractivity contribution >= 4 is 23.1 Å². The van der Waals surface area contributed by atoms with Crippen LogP contribution >= 0.6 is 11.6 Å². The van der Waals surface area contributed by atoms with E-state index in [0.717, 1.165) is 18.8 Å². The smallest absolute Gasteiger partial charge is 0.200 e. The third-order valence-corrected chi connectivity index (χ3v) is 2.22. The van der Waals surface area contributed by atoms with E-state index in [0.29, 0.717) is 24.7 Å². The molecule has 0 bridgehead atoms. The maximum absolute atomic E-state index is 5.48. The van der Waals surface area contributed by atoms with Gasteiger partial charge in [-0.15, -0.1) is 26.4 Å². The Bertz CT molecular complexity index is 461. The first-order valence-electron chi connectivity index (χ1n) is 5.33. The Morgan fingerprint density at radius 1 is 1.35 bits per heavy atom. The number of hydrogen-bond acceptors (Lipinski definition) is 6. The predicted octanol–water partition coefficient (Wildman–Crippen LogP) is 0.577. The lowest BCUT2D eigenvalue weighted by Crippen LogP contribution is -2.09. The first-order valence-corrected chi connectivity index (χ1v) is 5.86. The van der Waals surface area contributed by atoms with Crippen molar-refractivity contribution in [2.24, 2.45) is 0 Å². The standard InChI is InChI=1S/C9H13ClN6O/c10-4-7-17-6-1-5-11-8-2-3-9-12-14-15-16(9)13-8/h2-3H,1,4-7H2,(H,11,13). The fourth-order valence-electron chi connectivity index (χ4n) is 1.29. The molecule has 0 fully saturated rings. The number of nitrogens with one attached hydrogen (secondary N) is 1. The molecule has 2 rings (SSSR count). The summed E-state index contributed by atoms with van der Waals surface area (Å²) in [5.74, 6) is 1.27. The molecular formula is C9H13ClN6O. The van der Waals surface area contributed by atoms with Gasteiger partial charge in [0.15, 0.2) is 5.65 Å². The molecule has 2 aromatic heterocycles. The van der Waals surface area contributed by atoms with Gasteiger partial charge in [0, 0.05) is 19.0 Å². The molecule has 0 aliphatic carbocycles. The molecule has 0 amide bonds. The summed E-state index contributed by atoms with van der Waals surface area (Å²) in [6, 6.07) is 3.64. The number of fused-ring (bicyclic) bond motifs is 1. The summed E-state index contributed by atoms with van der Waals surface area (Å²) in [7, 11) is 0. The second kappa shape index (κ2) is 6.31. The molecule has 0 unspecified atom stereocenters. The minimum Gasteiger partial charge on any atom is -0.380 e. The summed E-state index contributed by atoms with van der Waals surface area (Å²) >= 11 is 5.48. The second-order valence-electron chi connectivity index (χ2n) is 3.33. The average molecular weight is 257 g/mol. The van der Waals surface area contributed by atoms with E-state index in [4.69, 9.17) is 16.3 Å². The maximum atomic E-state index is 5.48. The molecule has 0 atom stereocenters. The lowest BCUT2D eigenvalue weighted by Gasteiger charge is -2.05. The van der Waals surface area contributed by atoms with Crippen molar-refractivity contribution in [3.05, 3.63) is 12.1 Å². The summed E-state index contributed by atoms with van der Waals surface area (Å²) in [5, 5.41) is 18.3. The molecule has 2 heterocycles. The predicted molar refractivity (Wildman–Crippen MR) is 63.2 cm³/mol. The zero-order valence-electron chi connectivity index (χ0n) is 9.21. The number of rotatable bonds is 7. The van der Waals surface area contributed by atoms with E-state index in [1.807, 2.05) is 6.07 Å². The van der Waals surface area contributed by atoms with Crippen LogP contribution in [0.15, 0.2) is 12.1 Å². The molecule has 0 spiro atoms. The van der Waals surface area contributed by atoms with Gasteiger partial charge in [0.2, 0.25) is 0 Å². The minimum absolute atomic E-state index is 0.533. The van der Waals surface area contributed by atoms with Crippen LogP contribution in [-0.2, 0) is 4.74 Å². The van der Waals surface area contributed by atoms with Gasteiger partial charge in [-0.25, -0.2) is 0 Å². The molecule has 17 heavy (non-hydrogen) atoms. The Kier molecular flexibility index (Phi) is 4.45. The highest BCUT2D eigenvalue weighted by Gasteiger charge is 1.99. The molecular weight excluding hydrogens is 244 g/mol. The molecule has 2 aromatic rings. The van der Waals surface area contributed by atoms with E-state index in [2.05, 4.69) is 25.9 Å². The van der Waals surface area contributed by atoms with Crippen LogP contribution in [0.2, 0.25) is 0 Å². The van der Waals surface area contributed by atoms with Gasteiger partial charge in [-0.2, -0.15) is 0 Å². The van der Waals surface area contributed by atoms with Crippen LogP contribution < -0.4 is 5.32 Å². The molecule has 0 radical (unpaired) electrons. The van der Waals surface area contributed by atoms with Gasteiger partial charge in [-0.1, -0.05) is 0 Å². The quantitative estimate of drug-likeness (QED) is 0.577. The number of aromatic nitrogens is 5. The Morgan fingerprint density at radius 2 is 2.29 bits per heavy atom. The summed E-state index contributed by atoms with van der Waals surface area (Å²) in [6.07, 6.45) is 0.895. The number of nitrogens with zero attached hydrogens (tertiary/aromatic N) is 5. The van der Waals surface area contributed by atoms with Crippen LogP contribution in [-0.4, -0.2) is 50.9 Å². The van der Waals surface area contributed by atoms with Gasteiger partial charge >= 0.3 is 0 Å².